The molecule has 24 heavy (non-hydrogen) atoms. The van der Waals surface area contributed by atoms with Crippen molar-refractivity contribution in [1.82, 2.24) is 9.80 Å². The van der Waals surface area contributed by atoms with Crippen molar-refractivity contribution in [2.24, 2.45) is 0 Å². The van der Waals surface area contributed by atoms with Crippen LogP contribution in [0.5, 0.6) is 11.5 Å². The summed E-state index contributed by atoms with van der Waals surface area (Å²) >= 11 is 0. The Morgan fingerprint density at radius 2 is 1.96 bits per heavy atom. The van der Waals surface area contributed by atoms with Crippen LogP contribution in [0, 0.1) is 0 Å². The zero-order valence-electron chi connectivity index (χ0n) is 14.5. The second-order valence-electron chi connectivity index (χ2n) is 6.66. The Bertz CT molecular complexity index is 589. The summed E-state index contributed by atoms with van der Waals surface area (Å²) in [5.41, 5.74) is 1.89. The lowest BCUT2D eigenvalue weighted by molar-refractivity contribution is -0.123. The molecule has 2 rings (SSSR count). The number of methoxy groups -OCH3 is 1. The van der Waals surface area contributed by atoms with E-state index < -0.39 is 0 Å². The number of nitrogens with zero attached hydrogens (tertiary/aromatic N) is 1. The van der Waals surface area contributed by atoms with Gasteiger partial charge in [-0.2, -0.15) is 0 Å². The summed E-state index contributed by atoms with van der Waals surface area (Å²) in [4.78, 5) is 12.1. The van der Waals surface area contributed by atoms with E-state index in [-0.39, 0.29) is 23.4 Å². The number of phenolic OH excluding ortho intramolecular Hbond substituents is 2. The van der Waals surface area contributed by atoms with Gasteiger partial charge in [0.25, 0.3) is 0 Å². The molecule has 3 N–H and O–H groups in total. The van der Waals surface area contributed by atoms with E-state index in [1.807, 2.05) is 14.1 Å². The Balaban J connectivity index is 1.94. The number of hydrogen-bond acceptors (Lipinski definition) is 5. The molecule has 0 saturated carbocycles. The first-order chi connectivity index (χ1) is 11.3. The lowest BCUT2D eigenvalue weighted by Crippen LogP contribution is -2.56. The zero-order valence-corrected chi connectivity index (χ0v) is 14.5. The molecule has 0 aromatic heterocycles. The number of rotatable bonds is 7. The zero-order chi connectivity index (χ0) is 17.7. The van der Waals surface area contributed by atoms with Gasteiger partial charge in [-0.1, -0.05) is 0 Å². The van der Waals surface area contributed by atoms with E-state index in [2.05, 4.69) is 5.32 Å². The number of fused-ring (bicyclic) bond motifs is 1. The molecule has 0 aliphatic carbocycles. The summed E-state index contributed by atoms with van der Waals surface area (Å²) in [6, 6.07) is 3.16. The van der Waals surface area contributed by atoms with Crippen molar-refractivity contribution in [2.45, 2.75) is 18.9 Å². The van der Waals surface area contributed by atoms with Crippen LogP contribution in [0.1, 0.15) is 12.0 Å². The molecule has 1 amide bonds. The van der Waals surface area contributed by atoms with Crippen molar-refractivity contribution in [3.63, 3.8) is 0 Å². The fourth-order valence-corrected chi connectivity index (χ4v) is 3.12. The Labute approximate surface area is 142 Å². The number of amides is 1. The van der Waals surface area contributed by atoms with E-state index in [9.17, 15) is 15.0 Å². The number of likely N-dealkylation sites (N-methyl/N-ethyl adjacent to an activating group) is 1. The van der Waals surface area contributed by atoms with E-state index in [1.54, 1.807) is 19.2 Å². The highest BCUT2D eigenvalue weighted by atomic mass is 16.5. The molecule has 0 bridgehead atoms. The van der Waals surface area contributed by atoms with Crippen LogP contribution in [0.15, 0.2) is 12.1 Å². The Hall–Kier alpha value is -1.83. The summed E-state index contributed by atoms with van der Waals surface area (Å²) in [6.45, 7) is 2.08. The highest BCUT2D eigenvalue weighted by Gasteiger charge is 2.35. The SMILES string of the molecule is COCCOCCC(=O)N[C@H]1Cc2cc(O)c(O)cc2[N+](C)(C)C1. The molecule has 0 spiro atoms. The van der Waals surface area contributed by atoms with Crippen LogP contribution in [-0.4, -0.2) is 69.7 Å². The molecule has 1 heterocycles. The maximum Gasteiger partial charge on any atom is 0.222 e. The molecule has 7 heteroatoms. The van der Waals surface area contributed by atoms with Crippen molar-refractivity contribution in [3.8, 4) is 11.5 Å². The predicted octanol–water partition coefficient (Wildman–Crippen LogP) is 0.759. The largest absolute Gasteiger partial charge is 0.504 e. The molecule has 0 saturated heterocycles. The van der Waals surface area contributed by atoms with E-state index in [1.165, 1.54) is 0 Å². The third kappa shape index (κ3) is 4.59. The average molecular weight is 339 g/mol. The summed E-state index contributed by atoms with van der Waals surface area (Å²) in [7, 11) is 5.64. The highest BCUT2D eigenvalue weighted by Crippen LogP contribution is 2.38. The topological polar surface area (TPSA) is 88.0 Å². The third-order valence-corrected chi connectivity index (χ3v) is 4.24. The quantitative estimate of drug-likeness (QED) is 0.388. The highest BCUT2D eigenvalue weighted by molar-refractivity contribution is 5.76. The van der Waals surface area contributed by atoms with Gasteiger partial charge in [-0.05, 0) is 6.07 Å². The number of quaternary nitrogens is 1. The Morgan fingerprint density at radius 1 is 1.25 bits per heavy atom. The molecule has 1 aromatic carbocycles. The predicted molar refractivity (Wildman–Crippen MR) is 91.2 cm³/mol. The number of ether oxygens (including phenoxy) is 2. The van der Waals surface area contributed by atoms with Crippen LogP contribution in [0.2, 0.25) is 0 Å². The minimum atomic E-state index is -0.132. The maximum atomic E-state index is 12.1. The van der Waals surface area contributed by atoms with E-state index >= 15 is 0 Å². The van der Waals surface area contributed by atoms with Gasteiger partial charge in [0.05, 0.1) is 40.0 Å². The van der Waals surface area contributed by atoms with E-state index in [4.69, 9.17) is 9.47 Å². The number of benzene rings is 1. The second-order valence-corrected chi connectivity index (χ2v) is 6.66. The average Bonchev–Trinajstić information content (AvgIpc) is 2.48. The van der Waals surface area contributed by atoms with Crippen molar-refractivity contribution in [2.75, 3.05) is 47.6 Å². The van der Waals surface area contributed by atoms with E-state index in [0.29, 0.717) is 43.7 Å². The monoisotopic (exact) mass is 339 g/mol. The maximum absolute atomic E-state index is 12.1. The summed E-state index contributed by atoms with van der Waals surface area (Å²) < 4.78 is 10.7. The molecule has 134 valence electrons. The standard InChI is InChI=1S/C17H26N2O5/c1-19(2)11-13(18-17(22)4-5-24-7-6-23-3)8-12-9-15(20)16(21)10-14(12)19/h9-10,13H,4-8,11H2,1-3H3,(H2-,18,20,21,22)/p+1/t13-/m0/s1. The molecule has 1 aliphatic heterocycles. The fraction of sp³-hybridized carbons (Fsp3) is 0.588. The first-order valence-corrected chi connectivity index (χ1v) is 8.08. The van der Waals surface area contributed by atoms with Gasteiger partial charge in [0.15, 0.2) is 11.5 Å². The van der Waals surface area contributed by atoms with Crippen LogP contribution < -0.4 is 9.80 Å². The van der Waals surface area contributed by atoms with Gasteiger partial charge in [0.1, 0.15) is 12.2 Å². The number of carbonyl (C=O) groups is 1. The first-order valence-electron chi connectivity index (χ1n) is 8.08. The summed E-state index contributed by atoms with van der Waals surface area (Å²) in [6.07, 6.45) is 0.933. The lowest BCUT2D eigenvalue weighted by atomic mass is 9.95. The van der Waals surface area contributed by atoms with Crippen LogP contribution in [0.3, 0.4) is 0 Å². The molecule has 0 fully saturated rings. The van der Waals surface area contributed by atoms with Gasteiger partial charge in [-0.25, -0.2) is 0 Å². The van der Waals surface area contributed by atoms with Crippen LogP contribution >= 0.6 is 0 Å². The molecule has 1 aromatic rings. The third-order valence-electron chi connectivity index (χ3n) is 4.24. The van der Waals surface area contributed by atoms with Crippen molar-refractivity contribution in [3.05, 3.63) is 17.7 Å². The van der Waals surface area contributed by atoms with Gasteiger partial charge < -0.3 is 25.0 Å². The molecule has 1 atom stereocenters. The smallest absolute Gasteiger partial charge is 0.222 e. The number of nitrogens with one attached hydrogen (secondary N) is 1. The second kappa shape index (κ2) is 7.83. The first kappa shape index (κ1) is 18.5. The molecular formula is C17H27N2O5+. The lowest BCUT2D eigenvalue weighted by Gasteiger charge is -2.39. The normalized spacial score (nSPS) is 18.9. The van der Waals surface area contributed by atoms with Gasteiger partial charge >= 0.3 is 0 Å². The Kier molecular flexibility index (Phi) is 6.04. The van der Waals surface area contributed by atoms with Crippen molar-refractivity contribution < 1.29 is 24.5 Å². The minimum absolute atomic E-state index is 0.0251. The van der Waals surface area contributed by atoms with Crippen molar-refractivity contribution >= 4 is 11.6 Å². The van der Waals surface area contributed by atoms with Crippen molar-refractivity contribution in [1.29, 1.82) is 0 Å². The van der Waals surface area contributed by atoms with E-state index in [0.717, 1.165) is 11.3 Å². The molecule has 0 radical (unpaired) electrons. The van der Waals surface area contributed by atoms with Gasteiger partial charge in [0, 0.05) is 31.6 Å². The number of hydrogen-bond donors (Lipinski definition) is 3. The van der Waals surface area contributed by atoms with Crippen LogP contribution in [-0.2, 0) is 20.7 Å². The molecule has 0 unspecified atom stereocenters. The number of carbonyl (C=O) groups excluding carboxylic acids is 1. The molecule has 7 nitrogen and oxygen atoms in total. The Morgan fingerprint density at radius 3 is 2.67 bits per heavy atom. The van der Waals surface area contributed by atoms with Gasteiger partial charge in [-0.15, -0.1) is 0 Å². The minimum Gasteiger partial charge on any atom is -0.504 e. The van der Waals surface area contributed by atoms with Gasteiger partial charge in [0.2, 0.25) is 5.91 Å². The molecule has 1 aliphatic rings. The summed E-state index contributed by atoms with van der Waals surface area (Å²) in [5.74, 6) is -0.299. The number of phenols is 2. The fourth-order valence-electron chi connectivity index (χ4n) is 3.12. The number of aromatic hydroxyl groups is 2. The van der Waals surface area contributed by atoms with Crippen LogP contribution in [0.4, 0.5) is 5.69 Å². The van der Waals surface area contributed by atoms with Crippen LogP contribution in [0.25, 0.3) is 0 Å². The van der Waals surface area contributed by atoms with Gasteiger partial charge in [-0.3, -0.25) is 9.28 Å². The summed E-state index contributed by atoms with van der Waals surface area (Å²) in [5, 5.41) is 22.5. The molecular weight excluding hydrogens is 312 g/mol.